The Kier molecular flexibility index (Phi) is 53.0. The number of aliphatic hydroxyl groups is 2. The zero-order valence-electron chi connectivity index (χ0n) is 43.3. The lowest BCUT2D eigenvalue weighted by atomic mass is 10.0. The highest BCUT2D eigenvalue weighted by molar-refractivity contribution is 5.76. The molecule has 0 aliphatic rings. The van der Waals surface area contributed by atoms with E-state index in [-0.39, 0.29) is 18.5 Å². The standard InChI is InChI=1S/C58H113NO5/c1-3-5-7-9-11-13-15-17-23-26-30-34-38-42-46-50-56(61)55(54-60)59-57(62)51-47-43-39-35-31-27-24-21-19-20-22-25-29-33-37-41-45-49-53-64-58(63)52-48-44-40-36-32-28-18-16-14-12-10-8-6-4-2/h21,24,55-56,60-61H,3-20,22-23,25-54H2,1-2H3,(H,59,62)/b24-21-. The molecule has 0 spiro atoms. The number of carbonyl (C=O) groups excluding carboxylic acids is 2. The molecule has 0 rings (SSSR count). The van der Waals surface area contributed by atoms with Gasteiger partial charge in [-0.15, -0.1) is 0 Å². The number of rotatable bonds is 54. The lowest BCUT2D eigenvalue weighted by Gasteiger charge is -2.22. The Morgan fingerprint density at radius 1 is 0.422 bits per heavy atom. The summed E-state index contributed by atoms with van der Waals surface area (Å²) in [4.78, 5) is 24.5. The molecule has 0 aromatic rings. The summed E-state index contributed by atoms with van der Waals surface area (Å²) in [7, 11) is 0. The van der Waals surface area contributed by atoms with Gasteiger partial charge >= 0.3 is 5.97 Å². The maximum absolute atomic E-state index is 12.5. The first-order chi connectivity index (χ1) is 31.5. The summed E-state index contributed by atoms with van der Waals surface area (Å²) in [6.45, 7) is 4.96. The third-order valence-electron chi connectivity index (χ3n) is 13.6. The molecule has 380 valence electrons. The summed E-state index contributed by atoms with van der Waals surface area (Å²) >= 11 is 0. The van der Waals surface area contributed by atoms with Crippen LogP contribution in [-0.2, 0) is 14.3 Å². The van der Waals surface area contributed by atoms with Gasteiger partial charge in [0, 0.05) is 12.8 Å². The monoisotopic (exact) mass is 904 g/mol. The van der Waals surface area contributed by atoms with Crippen molar-refractivity contribution in [2.24, 2.45) is 0 Å². The van der Waals surface area contributed by atoms with E-state index < -0.39 is 12.1 Å². The largest absolute Gasteiger partial charge is 0.466 e. The molecule has 0 aromatic heterocycles. The Hall–Kier alpha value is -1.40. The number of amides is 1. The molecule has 6 heteroatoms. The topological polar surface area (TPSA) is 95.9 Å². The number of aliphatic hydroxyl groups excluding tert-OH is 2. The average molecular weight is 905 g/mol. The van der Waals surface area contributed by atoms with Crippen molar-refractivity contribution >= 4 is 11.9 Å². The van der Waals surface area contributed by atoms with E-state index >= 15 is 0 Å². The summed E-state index contributed by atoms with van der Waals surface area (Å²) in [6, 6.07) is -0.550. The average Bonchev–Trinajstić information content (AvgIpc) is 3.29. The number of esters is 1. The van der Waals surface area contributed by atoms with E-state index in [1.807, 2.05) is 0 Å². The predicted octanol–water partition coefficient (Wildman–Crippen LogP) is 17.7. The Labute approximate surface area is 399 Å². The number of unbranched alkanes of at least 4 members (excludes halogenated alkanes) is 41. The molecule has 0 bridgehead atoms. The zero-order valence-corrected chi connectivity index (χ0v) is 43.3. The van der Waals surface area contributed by atoms with E-state index in [1.54, 1.807) is 0 Å². The maximum atomic E-state index is 12.5. The van der Waals surface area contributed by atoms with Gasteiger partial charge in [0.05, 0.1) is 25.4 Å². The minimum Gasteiger partial charge on any atom is -0.466 e. The Bertz CT molecular complexity index is 955. The third-order valence-corrected chi connectivity index (χ3v) is 13.6. The summed E-state index contributed by atoms with van der Waals surface area (Å²) in [5.41, 5.74) is 0. The van der Waals surface area contributed by atoms with Crippen molar-refractivity contribution in [1.82, 2.24) is 5.32 Å². The molecule has 0 radical (unpaired) electrons. The van der Waals surface area contributed by atoms with Crippen LogP contribution in [0.1, 0.15) is 322 Å². The lowest BCUT2D eigenvalue weighted by molar-refractivity contribution is -0.143. The van der Waals surface area contributed by atoms with Crippen molar-refractivity contribution in [2.75, 3.05) is 13.2 Å². The first-order valence-electron chi connectivity index (χ1n) is 28.9. The van der Waals surface area contributed by atoms with Gasteiger partial charge in [0.15, 0.2) is 0 Å². The van der Waals surface area contributed by atoms with Gasteiger partial charge in [-0.1, -0.05) is 270 Å². The number of hydrogen-bond donors (Lipinski definition) is 3. The molecular formula is C58H113NO5. The van der Waals surface area contributed by atoms with Gasteiger partial charge in [-0.2, -0.15) is 0 Å². The summed E-state index contributed by atoms with van der Waals surface area (Å²) in [6.07, 6.45) is 63.4. The SMILES string of the molecule is CCCCCCCCCCCCCCCCCC(O)C(CO)NC(=O)CCCCCCC/C=C\CCCCCCCCCCCOC(=O)CCCCCCCCCCCCCCCC. The van der Waals surface area contributed by atoms with Crippen LogP contribution in [-0.4, -0.2) is 47.4 Å². The van der Waals surface area contributed by atoms with E-state index in [2.05, 4.69) is 31.3 Å². The predicted molar refractivity (Wildman–Crippen MR) is 278 cm³/mol. The van der Waals surface area contributed by atoms with Crippen LogP contribution >= 0.6 is 0 Å². The highest BCUT2D eigenvalue weighted by Crippen LogP contribution is 2.17. The Morgan fingerprint density at radius 2 is 0.734 bits per heavy atom. The van der Waals surface area contributed by atoms with Crippen molar-refractivity contribution in [3.8, 4) is 0 Å². The van der Waals surface area contributed by atoms with Crippen LogP contribution in [0.2, 0.25) is 0 Å². The van der Waals surface area contributed by atoms with Gasteiger partial charge in [-0.05, 0) is 51.4 Å². The van der Waals surface area contributed by atoms with E-state index in [9.17, 15) is 19.8 Å². The van der Waals surface area contributed by atoms with Crippen molar-refractivity contribution in [2.45, 2.75) is 334 Å². The first kappa shape index (κ1) is 62.6. The third kappa shape index (κ3) is 50.0. The van der Waals surface area contributed by atoms with Gasteiger partial charge in [-0.3, -0.25) is 9.59 Å². The van der Waals surface area contributed by atoms with Gasteiger partial charge in [-0.25, -0.2) is 0 Å². The second-order valence-electron chi connectivity index (χ2n) is 20.0. The van der Waals surface area contributed by atoms with E-state index in [1.165, 1.54) is 231 Å². The van der Waals surface area contributed by atoms with Crippen LogP contribution in [0.25, 0.3) is 0 Å². The number of hydrogen-bond acceptors (Lipinski definition) is 5. The highest BCUT2D eigenvalue weighted by atomic mass is 16.5. The van der Waals surface area contributed by atoms with Gasteiger partial charge < -0.3 is 20.3 Å². The fourth-order valence-electron chi connectivity index (χ4n) is 9.11. The van der Waals surface area contributed by atoms with Crippen LogP contribution in [0.5, 0.6) is 0 Å². The lowest BCUT2D eigenvalue weighted by Crippen LogP contribution is -2.45. The minimum atomic E-state index is -0.672. The van der Waals surface area contributed by atoms with Crippen molar-refractivity contribution in [3.63, 3.8) is 0 Å². The first-order valence-corrected chi connectivity index (χ1v) is 28.9. The van der Waals surface area contributed by atoms with E-state index in [0.717, 1.165) is 57.8 Å². The summed E-state index contributed by atoms with van der Waals surface area (Å²) in [5.74, 6) is -0.0416. The molecule has 0 saturated carbocycles. The molecule has 64 heavy (non-hydrogen) atoms. The van der Waals surface area contributed by atoms with Gasteiger partial charge in [0.2, 0.25) is 5.91 Å². The summed E-state index contributed by atoms with van der Waals surface area (Å²) in [5, 5.41) is 23.3. The molecule has 0 heterocycles. The molecule has 0 aromatic carbocycles. The number of ether oxygens (including phenoxy) is 1. The second-order valence-corrected chi connectivity index (χ2v) is 20.0. The Balaban J connectivity index is 3.43. The molecule has 0 fully saturated rings. The highest BCUT2D eigenvalue weighted by Gasteiger charge is 2.20. The molecule has 2 unspecified atom stereocenters. The number of allylic oxidation sites excluding steroid dienone is 2. The van der Waals surface area contributed by atoms with Crippen LogP contribution in [0.3, 0.4) is 0 Å². The van der Waals surface area contributed by atoms with Crippen LogP contribution in [0.15, 0.2) is 12.2 Å². The number of nitrogens with one attached hydrogen (secondary N) is 1. The molecule has 3 N–H and O–H groups in total. The van der Waals surface area contributed by atoms with Gasteiger partial charge in [0.1, 0.15) is 0 Å². The fourth-order valence-corrected chi connectivity index (χ4v) is 9.11. The minimum absolute atomic E-state index is 0.00575. The molecule has 0 aliphatic heterocycles. The smallest absolute Gasteiger partial charge is 0.305 e. The normalized spacial score (nSPS) is 12.6. The molecule has 2 atom stereocenters. The van der Waals surface area contributed by atoms with E-state index in [0.29, 0.717) is 25.9 Å². The van der Waals surface area contributed by atoms with Crippen molar-refractivity contribution in [1.29, 1.82) is 0 Å². The van der Waals surface area contributed by atoms with Crippen LogP contribution in [0, 0.1) is 0 Å². The van der Waals surface area contributed by atoms with Crippen molar-refractivity contribution in [3.05, 3.63) is 12.2 Å². The second kappa shape index (κ2) is 54.2. The quantitative estimate of drug-likeness (QED) is 0.0321. The molecular weight excluding hydrogens is 791 g/mol. The molecule has 1 amide bonds. The van der Waals surface area contributed by atoms with Gasteiger partial charge in [0.25, 0.3) is 0 Å². The molecule has 6 nitrogen and oxygen atoms in total. The van der Waals surface area contributed by atoms with Crippen LogP contribution in [0.4, 0.5) is 0 Å². The van der Waals surface area contributed by atoms with Crippen molar-refractivity contribution < 1.29 is 24.5 Å². The molecule has 0 saturated heterocycles. The maximum Gasteiger partial charge on any atom is 0.305 e. The van der Waals surface area contributed by atoms with E-state index in [4.69, 9.17) is 4.74 Å². The molecule has 0 aliphatic carbocycles. The zero-order chi connectivity index (χ0) is 46.5. The summed E-state index contributed by atoms with van der Waals surface area (Å²) < 4.78 is 5.47. The fraction of sp³-hybridized carbons (Fsp3) is 0.931. The van der Waals surface area contributed by atoms with Crippen LogP contribution < -0.4 is 5.32 Å². The number of carbonyl (C=O) groups is 2. The Morgan fingerprint density at radius 3 is 1.11 bits per heavy atom.